The molecule has 0 amide bonds. The minimum absolute atomic E-state index is 0.0256. The quantitative estimate of drug-likeness (QED) is 0.627. The van der Waals surface area contributed by atoms with Gasteiger partial charge in [-0.15, -0.1) is 12.6 Å². The molecule has 0 radical (unpaired) electrons. The molecule has 90 valence electrons. The van der Waals surface area contributed by atoms with Crippen molar-refractivity contribution in [2.75, 3.05) is 6.61 Å². The van der Waals surface area contributed by atoms with Crippen LogP contribution in [-0.2, 0) is 22.6 Å². The predicted molar refractivity (Wildman–Crippen MR) is 64.7 cm³/mol. The van der Waals surface area contributed by atoms with Crippen molar-refractivity contribution in [2.24, 2.45) is 0 Å². The third-order valence-electron chi connectivity index (χ3n) is 2.24. The SMILES string of the molecule is CCOC(=O)Cc1cc(CO)c(S)cc1C#N. The molecule has 0 spiro atoms. The summed E-state index contributed by atoms with van der Waals surface area (Å²) >= 11 is 4.15. The monoisotopic (exact) mass is 251 g/mol. The molecular formula is C12H13NO3S. The number of carbonyl (C=O) groups excluding carboxylic acids is 1. The fourth-order valence-electron chi connectivity index (χ4n) is 1.43. The Labute approximate surface area is 105 Å². The smallest absolute Gasteiger partial charge is 0.310 e. The van der Waals surface area contributed by atoms with E-state index in [9.17, 15) is 4.79 Å². The summed E-state index contributed by atoms with van der Waals surface area (Å²) in [6.45, 7) is 1.84. The van der Waals surface area contributed by atoms with Gasteiger partial charge in [0.1, 0.15) is 0 Å². The third-order valence-corrected chi connectivity index (χ3v) is 2.65. The van der Waals surface area contributed by atoms with Gasteiger partial charge in [0, 0.05) is 4.90 Å². The van der Waals surface area contributed by atoms with Crippen molar-refractivity contribution in [1.82, 2.24) is 0 Å². The Morgan fingerprint density at radius 1 is 1.53 bits per heavy atom. The molecule has 1 N–H and O–H groups in total. The largest absolute Gasteiger partial charge is 0.466 e. The standard InChI is InChI=1S/C12H13NO3S/c1-2-16-12(15)5-8-3-10(7-14)11(17)4-9(8)6-13/h3-4,14,17H,2,5,7H2,1H3. The Morgan fingerprint density at radius 2 is 2.24 bits per heavy atom. The highest BCUT2D eigenvalue weighted by Gasteiger charge is 2.11. The predicted octanol–water partition coefficient (Wildman–Crippen LogP) is 1.44. The van der Waals surface area contributed by atoms with Gasteiger partial charge in [-0.05, 0) is 24.1 Å². The van der Waals surface area contributed by atoms with Crippen molar-refractivity contribution < 1.29 is 14.6 Å². The van der Waals surface area contributed by atoms with Crippen molar-refractivity contribution in [3.63, 3.8) is 0 Å². The molecule has 17 heavy (non-hydrogen) atoms. The number of esters is 1. The van der Waals surface area contributed by atoms with E-state index < -0.39 is 0 Å². The van der Waals surface area contributed by atoms with Crippen LogP contribution in [0.1, 0.15) is 23.6 Å². The maximum Gasteiger partial charge on any atom is 0.310 e. The van der Waals surface area contributed by atoms with Crippen molar-refractivity contribution in [2.45, 2.75) is 24.8 Å². The second kappa shape index (κ2) is 6.28. The normalized spacial score (nSPS) is 9.76. The number of aliphatic hydroxyl groups is 1. The Bertz CT molecular complexity index is 466. The summed E-state index contributed by atoms with van der Waals surface area (Å²) < 4.78 is 4.82. The van der Waals surface area contributed by atoms with E-state index in [4.69, 9.17) is 15.1 Å². The molecule has 4 nitrogen and oxygen atoms in total. The van der Waals surface area contributed by atoms with Gasteiger partial charge < -0.3 is 9.84 Å². The first-order chi connectivity index (χ1) is 8.12. The van der Waals surface area contributed by atoms with Crippen LogP contribution in [0.4, 0.5) is 0 Å². The van der Waals surface area contributed by atoms with E-state index in [0.29, 0.717) is 28.2 Å². The van der Waals surface area contributed by atoms with Crippen molar-refractivity contribution in [3.8, 4) is 6.07 Å². The van der Waals surface area contributed by atoms with Gasteiger partial charge in [-0.25, -0.2) is 0 Å². The summed E-state index contributed by atoms with van der Waals surface area (Å²) in [5, 5.41) is 18.0. The fraction of sp³-hybridized carbons (Fsp3) is 0.333. The van der Waals surface area contributed by atoms with Crippen molar-refractivity contribution >= 4 is 18.6 Å². The summed E-state index contributed by atoms with van der Waals surface area (Å²) in [5.74, 6) is -0.389. The lowest BCUT2D eigenvalue weighted by Gasteiger charge is -2.08. The Hall–Kier alpha value is -1.51. The topological polar surface area (TPSA) is 70.3 Å². The van der Waals surface area contributed by atoms with Crippen LogP contribution in [0.15, 0.2) is 17.0 Å². The molecular weight excluding hydrogens is 238 g/mol. The van der Waals surface area contributed by atoms with Gasteiger partial charge in [0.25, 0.3) is 0 Å². The second-order valence-corrected chi connectivity index (χ2v) is 3.87. The van der Waals surface area contributed by atoms with Gasteiger partial charge in [0.05, 0.1) is 31.3 Å². The van der Waals surface area contributed by atoms with Gasteiger partial charge in [-0.2, -0.15) is 5.26 Å². The zero-order chi connectivity index (χ0) is 12.8. The Morgan fingerprint density at radius 3 is 2.76 bits per heavy atom. The molecule has 1 rings (SSSR count). The maximum absolute atomic E-state index is 11.4. The summed E-state index contributed by atoms with van der Waals surface area (Å²) in [6.07, 6.45) is 0.0256. The lowest BCUT2D eigenvalue weighted by atomic mass is 10.0. The number of hydrogen-bond acceptors (Lipinski definition) is 5. The van der Waals surface area contributed by atoms with Crippen LogP contribution in [0.5, 0.6) is 0 Å². The third kappa shape index (κ3) is 3.48. The lowest BCUT2D eigenvalue weighted by Crippen LogP contribution is -2.09. The number of aliphatic hydroxyl groups excluding tert-OH is 1. The summed E-state index contributed by atoms with van der Waals surface area (Å²) in [7, 11) is 0. The van der Waals surface area contributed by atoms with Crippen molar-refractivity contribution in [3.05, 3.63) is 28.8 Å². The highest BCUT2D eigenvalue weighted by Crippen LogP contribution is 2.20. The minimum atomic E-state index is -0.389. The van der Waals surface area contributed by atoms with Crippen LogP contribution in [0.25, 0.3) is 0 Å². The molecule has 0 aromatic heterocycles. The molecule has 0 atom stereocenters. The van der Waals surface area contributed by atoms with Crippen LogP contribution in [-0.4, -0.2) is 17.7 Å². The van der Waals surface area contributed by atoms with Gasteiger partial charge in [-0.1, -0.05) is 6.07 Å². The number of benzene rings is 1. The molecule has 0 aliphatic rings. The molecule has 1 aromatic carbocycles. The van der Waals surface area contributed by atoms with E-state index in [2.05, 4.69) is 12.6 Å². The van der Waals surface area contributed by atoms with E-state index in [-0.39, 0.29) is 19.0 Å². The second-order valence-electron chi connectivity index (χ2n) is 3.39. The molecule has 0 unspecified atom stereocenters. The molecule has 1 aromatic rings. The van der Waals surface area contributed by atoms with E-state index in [0.717, 1.165) is 0 Å². The summed E-state index contributed by atoms with van der Waals surface area (Å²) in [6, 6.07) is 5.15. The Kier molecular flexibility index (Phi) is 5.01. The zero-order valence-electron chi connectivity index (χ0n) is 9.43. The van der Waals surface area contributed by atoms with Crippen LogP contribution >= 0.6 is 12.6 Å². The number of carbonyl (C=O) groups is 1. The first kappa shape index (κ1) is 13.6. The van der Waals surface area contributed by atoms with Crippen LogP contribution in [0.3, 0.4) is 0 Å². The molecule has 0 bridgehead atoms. The van der Waals surface area contributed by atoms with E-state index >= 15 is 0 Å². The first-order valence-electron chi connectivity index (χ1n) is 5.13. The van der Waals surface area contributed by atoms with Gasteiger partial charge >= 0.3 is 5.97 Å². The molecule has 0 aliphatic heterocycles. The minimum Gasteiger partial charge on any atom is -0.466 e. The molecule has 0 saturated carbocycles. The van der Waals surface area contributed by atoms with Crippen molar-refractivity contribution in [1.29, 1.82) is 5.26 Å². The van der Waals surface area contributed by atoms with E-state index in [1.165, 1.54) is 0 Å². The Balaban J connectivity index is 3.05. The molecule has 0 fully saturated rings. The lowest BCUT2D eigenvalue weighted by molar-refractivity contribution is -0.142. The summed E-state index contributed by atoms with van der Waals surface area (Å²) in [5.41, 5.74) is 1.51. The van der Waals surface area contributed by atoms with Gasteiger partial charge in [0.15, 0.2) is 0 Å². The molecule has 0 heterocycles. The summed E-state index contributed by atoms with van der Waals surface area (Å²) in [4.78, 5) is 11.9. The van der Waals surface area contributed by atoms with Crippen LogP contribution < -0.4 is 0 Å². The molecule has 0 aliphatic carbocycles. The highest BCUT2D eigenvalue weighted by molar-refractivity contribution is 7.80. The van der Waals surface area contributed by atoms with E-state index in [1.807, 2.05) is 6.07 Å². The number of rotatable bonds is 4. The fourth-order valence-corrected chi connectivity index (χ4v) is 1.69. The maximum atomic E-state index is 11.4. The van der Waals surface area contributed by atoms with Crippen LogP contribution in [0.2, 0.25) is 0 Å². The zero-order valence-corrected chi connectivity index (χ0v) is 10.3. The van der Waals surface area contributed by atoms with Crippen LogP contribution in [0, 0.1) is 11.3 Å². The molecule has 0 saturated heterocycles. The highest BCUT2D eigenvalue weighted by atomic mass is 32.1. The number of thiol groups is 1. The molecule has 5 heteroatoms. The number of nitrogens with zero attached hydrogens (tertiary/aromatic N) is 1. The average molecular weight is 251 g/mol. The number of ether oxygens (including phenoxy) is 1. The van der Waals surface area contributed by atoms with Gasteiger partial charge in [-0.3, -0.25) is 4.79 Å². The number of nitriles is 1. The first-order valence-corrected chi connectivity index (χ1v) is 5.58. The van der Waals surface area contributed by atoms with E-state index in [1.54, 1.807) is 19.1 Å². The number of hydrogen-bond donors (Lipinski definition) is 2. The average Bonchev–Trinajstić information content (AvgIpc) is 2.31. The van der Waals surface area contributed by atoms with Gasteiger partial charge in [0.2, 0.25) is 0 Å².